The number of halogens is 2. The van der Waals surface area contributed by atoms with Gasteiger partial charge < -0.3 is 3.11 Å². The van der Waals surface area contributed by atoms with Gasteiger partial charge in [-0.25, -0.2) is 4.98 Å². The summed E-state index contributed by atoms with van der Waals surface area (Å²) in [5.74, 6) is 0. The average molecular weight is 372 g/mol. The van der Waals surface area contributed by atoms with Crippen LogP contribution >= 0.6 is 45.5 Å². The highest BCUT2D eigenvalue weighted by Crippen LogP contribution is 2.32. The zero-order chi connectivity index (χ0) is 7.84. The molecule has 4 heteroatoms. The minimum absolute atomic E-state index is 1.12. The molecule has 0 bridgehead atoms. The van der Waals surface area contributed by atoms with Crippen molar-refractivity contribution in [2.24, 2.45) is 0 Å². The number of fused-ring (bicyclic) bond motifs is 1. The Hall–Kier alpha value is 0.410. The first-order chi connectivity index (χ1) is 5.29. The van der Waals surface area contributed by atoms with Crippen LogP contribution in [0.15, 0.2) is 12.3 Å². The van der Waals surface area contributed by atoms with Crippen molar-refractivity contribution in [2.45, 2.75) is 6.42 Å². The van der Waals surface area contributed by atoms with Gasteiger partial charge in [-0.05, 0) is 35.1 Å². The minimum atomic E-state index is 1.12. The molecule has 0 radical (unpaired) electrons. The van der Waals surface area contributed by atoms with Crippen molar-refractivity contribution >= 4 is 51.1 Å². The minimum Gasteiger partial charge on any atom is -0.314 e. The van der Waals surface area contributed by atoms with Crippen molar-refractivity contribution in [3.05, 3.63) is 21.5 Å². The summed E-state index contributed by atoms with van der Waals surface area (Å²) < 4.78 is 3.40. The maximum atomic E-state index is 4.24. The van der Waals surface area contributed by atoms with E-state index < -0.39 is 0 Å². The van der Waals surface area contributed by atoms with Gasteiger partial charge in [-0.3, -0.25) is 0 Å². The van der Waals surface area contributed by atoms with E-state index in [1.54, 1.807) is 0 Å². The molecule has 0 unspecified atom stereocenters. The number of hydrogen-bond donors (Lipinski definition) is 0. The van der Waals surface area contributed by atoms with Crippen molar-refractivity contribution in [3.63, 3.8) is 0 Å². The molecule has 0 N–H and O–H groups in total. The van der Waals surface area contributed by atoms with Crippen molar-refractivity contribution in [1.29, 1.82) is 0 Å². The van der Waals surface area contributed by atoms with Gasteiger partial charge in [0.1, 0.15) is 3.70 Å². The summed E-state index contributed by atoms with van der Waals surface area (Å²) in [6.45, 7) is 1.12. The van der Waals surface area contributed by atoms with E-state index in [4.69, 9.17) is 0 Å². The Morgan fingerprint density at radius 3 is 3.09 bits per heavy atom. The van der Waals surface area contributed by atoms with Crippen molar-refractivity contribution in [3.8, 4) is 0 Å². The van der Waals surface area contributed by atoms with E-state index in [1.165, 1.54) is 11.3 Å². The highest BCUT2D eigenvalue weighted by Gasteiger charge is 2.18. The van der Waals surface area contributed by atoms with Crippen molar-refractivity contribution in [1.82, 2.24) is 4.98 Å². The molecule has 0 aromatic carbocycles. The Morgan fingerprint density at radius 1 is 1.55 bits per heavy atom. The molecule has 2 heterocycles. The maximum absolute atomic E-state index is 4.24. The fraction of sp³-hybridized carbons (Fsp3) is 0.286. The van der Waals surface area contributed by atoms with Gasteiger partial charge >= 0.3 is 0 Å². The molecule has 0 fully saturated rings. The predicted octanol–water partition coefficient (Wildman–Crippen LogP) is 2.40. The third kappa shape index (κ3) is 1.34. The van der Waals surface area contributed by atoms with E-state index in [9.17, 15) is 0 Å². The molecule has 1 aliphatic heterocycles. The van der Waals surface area contributed by atoms with E-state index >= 15 is 0 Å². The van der Waals surface area contributed by atoms with E-state index in [2.05, 4.69) is 59.6 Å². The zero-order valence-electron chi connectivity index (χ0n) is 5.72. The lowest BCUT2D eigenvalue weighted by Gasteiger charge is -2.07. The van der Waals surface area contributed by atoms with Gasteiger partial charge in [0, 0.05) is 18.3 Å². The number of aromatic nitrogens is 1. The van der Waals surface area contributed by atoms with Crippen LogP contribution in [0.3, 0.4) is 0 Å². The monoisotopic (exact) mass is 372 g/mol. The predicted molar refractivity (Wildman–Crippen MR) is 62.0 cm³/mol. The Bertz CT molecular complexity index is 288. The number of hydrogen-bond acceptors (Lipinski definition) is 2. The number of rotatable bonds is 0. The molecule has 0 amide bonds. The van der Waals surface area contributed by atoms with Crippen molar-refractivity contribution in [2.75, 3.05) is 9.66 Å². The molecular weight excluding hydrogens is 366 g/mol. The molecular formula is C7H6I2N2. The topological polar surface area (TPSA) is 16.1 Å². The summed E-state index contributed by atoms with van der Waals surface area (Å²) >= 11 is 4.64. The van der Waals surface area contributed by atoms with E-state index in [-0.39, 0.29) is 0 Å². The smallest absolute Gasteiger partial charge is 0.106 e. The Morgan fingerprint density at radius 2 is 2.36 bits per heavy atom. The van der Waals surface area contributed by atoms with Crippen LogP contribution in [0.2, 0.25) is 0 Å². The summed E-state index contributed by atoms with van der Waals surface area (Å²) in [7, 11) is 0. The Kier molecular flexibility index (Phi) is 2.22. The molecule has 1 aromatic rings. The molecule has 0 atom stereocenters. The van der Waals surface area contributed by atoms with Crippen LogP contribution < -0.4 is 3.11 Å². The summed E-state index contributed by atoms with van der Waals surface area (Å²) in [5.41, 5.74) is 2.74. The van der Waals surface area contributed by atoms with Gasteiger partial charge in [-0.2, -0.15) is 0 Å². The second kappa shape index (κ2) is 3.04. The quantitative estimate of drug-likeness (QED) is 0.395. The third-order valence-corrected chi connectivity index (χ3v) is 3.73. The molecule has 0 saturated heterocycles. The van der Waals surface area contributed by atoms with E-state index in [0.717, 1.165) is 16.7 Å². The molecule has 2 nitrogen and oxygen atoms in total. The fourth-order valence-corrected chi connectivity index (χ4v) is 2.65. The standard InChI is InChI=1S/C7H6I2N2/c8-7-5-2-4-11(9)6(5)1-3-10-7/h1,3H,2,4H2. The van der Waals surface area contributed by atoms with Crippen LogP contribution in [0.5, 0.6) is 0 Å². The SMILES string of the molecule is Ic1nccc2c1CCN2I. The maximum Gasteiger partial charge on any atom is 0.106 e. The normalized spacial score (nSPS) is 15.3. The highest BCUT2D eigenvalue weighted by molar-refractivity contribution is 14.1. The first-order valence-electron chi connectivity index (χ1n) is 3.36. The summed E-state index contributed by atoms with van der Waals surface area (Å²) in [4.78, 5) is 4.24. The second-order valence-electron chi connectivity index (χ2n) is 2.44. The highest BCUT2D eigenvalue weighted by atomic mass is 127. The first-order valence-corrected chi connectivity index (χ1v) is 5.40. The summed E-state index contributed by atoms with van der Waals surface area (Å²) in [6.07, 6.45) is 3.02. The van der Waals surface area contributed by atoms with Crippen LogP contribution in [0.4, 0.5) is 5.69 Å². The van der Waals surface area contributed by atoms with E-state index in [0.29, 0.717) is 0 Å². The van der Waals surface area contributed by atoms with Gasteiger partial charge in [0.05, 0.1) is 28.6 Å². The van der Waals surface area contributed by atoms with E-state index in [1.807, 2.05) is 6.20 Å². The van der Waals surface area contributed by atoms with Crippen LogP contribution in [0.25, 0.3) is 0 Å². The summed E-state index contributed by atoms with van der Waals surface area (Å²) in [5, 5.41) is 0. The summed E-state index contributed by atoms with van der Waals surface area (Å²) in [6, 6.07) is 2.08. The fourth-order valence-electron chi connectivity index (χ4n) is 1.25. The third-order valence-electron chi connectivity index (χ3n) is 1.80. The van der Waals surface area contributed by atoms with Crippen LogP contribution in [-0.2, 0) is 6.42 Å². The zero-order valence-corrected chi connectivity index (χ0v) is 10.0. The Balaban J connectivity index is 2.57. The molecule has 0 aliphatic carbocycles. The van der Waals surface area contributed by atoms with Gasteiger partial charge in [-0.1, -0.05) is 0 Å². The average Bonchev–Trinajstić information content (AvgIpc) is 2.35. The largest absolute Gasteiger partial charge is 0.314 e. The van der Waals surface area contributed by atoms with Crippen molar-refractivity contribution < 1.29 is 0 Å². The van der Waals surface area contributed by atoms with Crippen LogP contribution in [-0.4, -0.2) is 11.5 Å². The second-order valence-corrected chi connectivity index (χ2v) is 4.62. The van der Waals surface area contributed by atoms with Crippen LogP contribution in [0, 0.1) is 3.70 Å². The van der Waals surface area contributed by atoms with Crippen LogP contribution in [0.1, 0.15) is 5.56 Å². The molecule has 11 heavy (non-hydrogen) atoms. The first kappa shape index (κ1) is 8.03. The van der Waals surface area contributed by atoms with Gasteiger partial charge in [0.15, 0.2) is 0 Å². The molecule has 1 aliphatic rings. The molecule has 0 saturated carbocycles. The lowest BCUT2D eigenvalue weighted by molar-refractivity contribution is 1.05. The number of pyridine rings is 1. The molecule has 0 spiro atoms. The lowest BCUT2D eigenvalue weighted by Crippen LogP contribution is -2.02. The van der Waals surface area contributed by atoms with Gasteiger partial charge in [-0.15, -0.1) is 0 Å². The van der Waals surface area contributed by atoms with Gasteiger partial charge in [0.25, 0.3) is 0 Å². The molecule has 2 rings (SSSR count). The lowest BCUT2D eigenvalue weighted by atomic mass is 10.2. The molecule has 1 aromatic heterocycles. The number of nitrogens with zero attached hydrogens (tertiary/aromatic N) is 2. The number of anilines is 1. The molecule has 58 valence electrons. The van der Waals surface area contributed by atoms with Gasteiger partial charge in [0.2, 0.25) is 0 Å². The Labute approximate surface area is 93.0 Å².